The number of esters is 1. The number of carbonyl (C=O) groups is 2. The van der Waals surface area contributed by atoms with Crippen LogP contribution >= 0.6 is 0 Å². The SMILES string of the molecule is CCCCNc1ncc(C(NC(=O)CC2CCC(CC(=O)OC(C)(C)C)CC2)c2ccc(F)cc2)nn1. The Hall–Kier alpha value is -3.10. The fourth-order valence-electron chi connectivity index (χ4n) is 4.60. The lowest BCUT2D eigenvalue weighted by Gasteiger charge is -2.29. The van der Waals surface area contributed by atoms with E-state index in [1.165, 1.54) is 12.1 Å². The van der Waals surface area contributed by atoms with Gasteiger partial charge in [-0.3, -0.25) is 9.59 Å². The average molecular weight is 514 g/mol. The minimum absolute atomic E-state index is 0.100. The van der Waals surface area contributed by atoms with Gasteiger partial charge < -0.3 is 15.4 Å². The highest BCUT2D eigenvalue weighted by atomic mass is 19.1. The number of ether oxygens (including phenoxy) is 1. The van der Waals surface area contributed by atoms with E-state index in [-0.39, 0.29) is 23.6 Å². The van der Waals surface area contributed by atoms with Gasteiger partial charge in [-0.1, -0.05) is 25.5 Å². The molecule has 1 amide bonds. The van der Waals surface area contributed by atoms with E-state index in [4.69, 9.17) is 4.74 Å². The number of hydrogen-bond acceptors (Lipinski definition) is 7. The molecule has 1 heterocycles. The third-order valence-electron chi connectivity index (χ3n) is 6.51. The summed E-state index contributed by atoms with van der Waals surface area (Å²) in [6.45, 7) is 8.49. The van der Waals surface area contributed by atoms with Crippen LogP contribution in [-0.4, -0.2) is 39.2 Å². The summed E-state index contributed by atoms with van der Waals surface area (Å²) in [7, 11) is 0. The summed E-state index contributed by atoms with van der Waals surface area (Å²) >= 11 is 0. The largest absolute Gasteiger partial charge is 0.460 e. The van der Waals surface area contributed by atoms with Crippen LogP contribution in [0.2, 0.25) is 0 Å². The van der Waals surface area contributed by atoms with Crippen LogP contribution in [0, 0.1) is 17.7 Å². The summed E-state index contributed by atoms with van der Waals surface area (Å²) in [6, 6.07) is 5.42. The number of rotatable bonds is 11. The highest BCUT2D eigenvalue weighted by Crippen LogP contribution is 2.33. The number of nitrogens with one attached hydrogen (secondary N) is 2. The maximum Gasteiger partial charge on any atom is 0.306 e. The first-order valence-corrected chi connectivity index (χ1v) is 13.3. The molecule has 1 aromatic heterocycles. The van der Waals surface area contributed by atoms with Gasteiger partial charge in [-0.2, -0.15) is 0 Å². The number of carbonyl (C=O) groups excluding carboxylic acids is 2. The first-order valence-electron chi connectivity index (χ1n) is 13.3. The van der Waals surface area contributed by atoms with Gasteiger partial charge in [0.1, 0.15) is 17.1 Å². The van der Waals surface area contributed by atoms with Crippen molar-refractivity contribution < 1.29 is 18.7 Å². The molecule has 37 heavy (non-hydrogen) atoms. The molecule has 1 aliphatic rings. The lowest BCUT2D eigenvalue weighted by Crippen LogP contribution is -2.32. The summed E-state index contributed by atoms with van der Waals surface area (Å²) in [6.07, 6.45) is 8.05. The van der Waals surface area contributed by atoms with Crippen molar-refractivity contribution in [2.75, 3.05) is 11.9 Å². The van der Waals surface area contributed by atoms with Crippen LogP contribution in [0.3, 0.4) is 0 Å². The first-order chi connectivity index (χ1) is 17.6. The normalized spacial score (nSPS) is 18.6. The van der Waals surface area contributed by atoms with Gasteiger partial charge in [-0.05, 0) is 82.4 Å². The molecule has 3 rings (SSSR count). The second kappa shape index (κ2) is 13.4. The van der Waals surface area contributed by atoms with E-state index in [9.17, 15) is 14.0 Å². The second-order valence-electron chi connectivity index (χ2n) is 10.9. The van der Waals surface area contributed by atoms with Crippen LogP contribution in [0.1, 0.15) is 96.4 Å². The van der Waals surface area contributed by atoms with Crippen molar-refractivity contribution in [2.45, 2.75) is 90.7 Å². The molecule has 0 aliphatic heterocycles. The maximum atomic E-state index is 13.6. The first kappa shape index (κ1) is 28.5. The van der Waals surface area contributed by atoms with Gasteiger partial charge >= 0.3 is 5.97 Å². The standard InChI is InChI=1S/C28H40FN5O3/c1-5-6-15-30-27-31-18-23(33-34-27)26(21-11-13-22(29)14-12-21)32-24(35)16-19-7-9-20(10-8-19)17-25(36)37-28(2,3)4/h11-14,18-20,26H,5-10,15-17H2,1-4H3,(H,32,35)(H,30,31,34). The zero-order valence-corrected chi connectivity index (χ0v) is 22.4. The molecular formula is C28H40FN5O3. The molecule has 0 radical (unpaired) electrons. The smallest absolute Gasteiger partial charge is 0.306 e. The van der Waals surface area contributed by atoms with Crippen LogP contribution < -0.4 is 10.6 Å². The Kier molecular flexibility index (Phi) is 10.3. The summed E-state index contributed by atoms with van der Waals surface area (Å²) in [5.41, 5.74) is 0.722. The molecule has 8 nitrogen and oxygen atoms in total. The van der Waals surface area contributed by atoms with Crippen LogP contribution in [-0.2, 0) is 14.3 Å². The van der Waals surface area contributed by atoms with Crippen molar-refractivity contribution in [3.63, 3.8) is 0 Å². The second-order valence-corrected chi connectivity index (χ2v) is 10.9. The van der Waals surface area contributed by atoms with E-state index >= 15 is 0 Å². The number of unbranched alkanes of at least 4 members (excludes halogenated alkanes) is 1. The molecule has 0 saturated heterocycles. The van der Waals surface area contributed by atoms with Crippen LogP contribution in [0.25, 0.3) is 0 Å². The lowest BCUT2D eigenvalue weighted by molar-refractivity contribution is -0.156. The van der Waals surface area contributed by atoms with Gasteiger partial charge in [-0.25, -0.2) is 9.37 Å². The Balaban J connectivity index is 1.58. The lowest BCUT2D eigenvalue weighted by atomic mass is 9.79. The predicted octanol–water partition coefficient (Wildman–Crippen LogP) is 5.36. The van der Waals surface area contributed by atoms with E-state index < -0.39 is 11.6 Å². The van der Waals surface area contributed by atoms with Crippen LogP contribution in [0.15, 0.2) is 30.5 Å². The Morgan fingerprint density at radius 2 is 1.70 bits per heavy atom. The molecule has 0 bridgehead atoms. The number of amides is 1. The number of benzene rings is 1. The minimum Gasteiger partial charge on any atom is -0.460 e. The molecule has 1 aliphatic carbocycles. The van der Waals surface area contributed by atoms with Gasteiger partial charge in [0.2, 0.25) is 11.9 Å². The number of aromatic nitrogens is 3. The monoisotopic (exact) mass is 513 g/mol. The molecule has 1 fully saturated rings. The quantitative estimate of drug-likeness (QED) is 0.308. The van der Waals surface area contributed by atoms with Gasteiger partial charge in [0.05, 0.1) is 12.2 Å². The molecule has 9 heteroatoms. The Bertz CT molecular complexity index is 1000. The van der Waals surface area contributed by atoms with Crippen LogP contribution in [0.5, 0.6) is 0 Å². The van der Waals surface area contributed by atoms with Gasteiger partial charge in [0, 0.05) is 19.4 Å². The highest BCUT2D eigenvalue weighted by Gasteiger charge is 2.28. The maximum absolute atomic E-state index is 13.6. The van der Waals surface area contributed by atoms with Crippen molar-refractivity contribution in [3.8, 4) is 0 Å². The van der Waals surface area contributed by atoms with Gasteiger partial charge in [0.15, 0.2) is 0 Å². The summed E-state index contributed by atoms with van der Waals surface area (Å²) in [5, 5.41) is 14.6. The zero-order valence-electron chi connectivity index (χ0n) is 22.4. The topological polar surface area (TPSA) is 106 Å². The molecule has 0 spiro atoms. The summed E-state index contributed by atoms with van der Waals surface area (Å²) in [4.78, 5) is 29.6. The number of nitrogens with zero attached hydrogens (tertiary/aromatic N) is 3. The fraction of sp³-hybridized carbons (Fsp3) is 0.607. The van der Waals surface area contributed by atoms with E-state index in [1.54, 1.807) is 18.3 Å². The highest BCUT2D eigenvalue weighted by molar-refractivity contribution is 5.77. The third-order valence-corrected chi connectivity index (χ3v) is 6.51. The van der Waals surface area contributed by atoms with Crippen LogP contribution in [0.4, 0.5) is 10.3 Å². The third kappa shape index (κ3) is 9.70. The Morgan fingerprint density at radius 1 is 1.05 bits per heavy atom. The average Bonchev–Trinajstić information content (AvgIpc) is 2.84. The molecule has 1 atom stereocenters. The van der Waals surface area contributed by atoms with E-state index in [1.807, 2.05) is 20.8 Å². The zero-order chi connectivity index (χ0) is 26.8. The minimum atomic E-state index is -0.582. The fourth-order valence-corrected chi connectivity index (χ4v) is 4.60. The Morgan fingerprint density at radius 3 is 2.27 bits per heavy atom. The van der Waals surface area contributed by atoms with Crippen molar-refractivity contribution in [1.29, 1.82) is 0 Å². The van der Waals surface area contributed by atoms with Gasteiger partial charge in [-0.15, -0.1) is 10.2 Å². The van der Waals surface area contributed by atoms with Crippen molar-refractivity contribution >= 4 is 17.8 Å². The predicted molar refractivity (Wildman–Crippen MR) is 140 cm³/mol. The molecule has 2 aromatic rings. The Labute approximate surface area is 219 Å². The molecule has 1 unspecified atom stereocenters. The molecule has 202 valence electrons. The summed E-state index contributed by atoms with van der Waals surface area (Å²) < 4.78 is 19.0. The van der Waals surface area contributed by atoms with E-state index in [0.29, 0.717) is 36.0 Å². The van der Waals surface area contributed by atoms with Gasteiger partial charge in [0.25, 0.3) is 0 Å². The number of hydrogen-bond donors (Lipinski definition) is 2. The van der Waals surface area contributed by atoms with Crippen molar-refractivity contribution in [3.05, 3.63) is 47.5 Å². The molecule has 2 N–H and O–H groups in total. The summed E-state index contributed by atoms with van der Waals surface area (Å²) in [5.74, 6) is 0.375. The number of anilines is 1. The van der Waals surface area contributed by atoms with E-state index in [0.717, 1.165) is 45.1 Å². The van der Waals surface area contributed by atoms with Crippen molar-refractivity contribution in [1.82, 2.24) is 20.5 Å². The molecule has 1 aromatic carbocycles. The number of halogens is 1. The van der Waals surface area contributed by atoms with Crippen molar-refractivity contribution in [2.24, 2.45) is 11.8 Å². The molecular weight excluding hydrogens is 473 g/mol. The van der Waals surface area contributed by atoms with E-state index in [2.05, 4.69) is 32.7 Å². The molecule has 1 saturated carbocycles.